The zero-order chi connectivity index (χ0) is 17.1. The normalized spacial score (nSPS) is 16.6. The van der Waals surface area contributed by atoms with Gasteiger partial charge in [-0.2, -0.15) is 5.10 Å². The van der Waals surface area contributed by atoms with Crippen LogP contribution in [0.15, 0.2) is 36.5 Å². The number of benzene rings is 1. The third-order valence-electron chi connectivity index (χ3n) is 4.58. The van der Waals surface area contributed by atoms with Gasteiger partial charge in [-0.15, -0.1) is 0 Å². The highest BCUT2D eigenvalue weighted by Gasteiger charge is 2.30. The van der Waals surface area contributed by atoms with Crippen LogP contribution in [0.2, 0.25) is 0 Å². The minimum absolute atomic E-state index is 0.00828. The quantitative estimate of drug-likeness (QED) is 0.927. The third kappa shape index (κ3) is 3.32. The molecule has 1 unspecified atom stereocenters. The Balaban J connectivity index is 1.72. The number of carbonyl (C=O) groups excluding carboxylic acids is 2. The Morgan fingerprint density at radius 3 is 2.79 bits per heavy atom. The smallest absolute Gasteiger partial charge is 0.222 e. The molecule has 2 aromatic rings. The summed E-state index contributed by atoms with van der Waals surface area (Å²) in [5, 5.41) is 7.01. The van der Waals surface area contributed by atoms with Crippen molar-refractivity contribution >= 4 is 11.8 Å². The Kier molecular flexibility index (Phi) is 4.64. The molecule has 0 radical (unpaired) electrons. The fourth-order valence-corrected chi connectivity index (χ4v) is 3.26. The van der Waals surface area contributed by atoms with Crippen molar-refractivity contribution in [3.8, 4) is 0 Å². The van der Waals surface area contributed by atoms with Crippen molar-refractivity contribution in [2.75, 3.05) is 6.54 Å². The maximum atomic E-state index is 12.4. The second-order valence-electron chi connectivity index (χ2n) is 6.10. The Hall–Kier alpha value is -2.63. The highest BCUT2D eigenvalue weighted by molar-refractivity contribution is 5.79. The monoisotopic (exact) mass is 326 g/mol. The minimum atomic E-state index is -0.195. The maximum Gasteiger partial charge on any atom is 0.222 e. The molecule has 2 amide bonds. The lowest BCUT2D eigenvalue weighted by Gasteiger charge is -2.36. The summed E-state index contributed by atoms with van der Waals surface area (Å²) in [6, 6.07) is 9.73. The SMILES string of the molecule is CC(=O)N1CCc2ccccc2C1CC(=O)NCc1ccnn1C. The molecular weight excluding hydrogens is 304 g/mol. The van der Waals surface area contributed by atoms with Gasteiger partial charge < -0.3 is 10.2 Å². The van der Waals surface area contributed by atoms with Crippen LogP contribution in [0, 0.1) is 0 Å². The van der Waals surface area contributed by atoms with Crippen LogP contribution in [-0.4, -0.2) is 33.0 Å². The minimum Gasteiger partial charge on any atom is -0.350 e. The Morgan fingerprint density at radius 1 is 1.29 bits per heavy atom. The van der Waals surface area contributed by atoms with Crippen molar-refractivity contribution in [1.82, 2.24) is 20.0 Å². The predicted octanol–water partition coefficient (Wildman–Crippen LogP) is 1.57. The van der Waals surface area contributed by atoms with Gasteiger partial charge in [-0.3, -0.25) is 14.3 Å². The van der Waals surface area contributed by atoms with E-state index in [1.54, 1.807) is 22.7 Å². The number of aromatic nitrogens is 2. The van der Waals surface area contributed by atoms with E-state index in [4.69, 9.17) is 0 Å². The van der Waals surface area contributed by atoms with Crippen LogP contribution in [0.4, 0.5) is 0 Å². The van der Waals surface area contributed by atoms with Gasteiger partial charge in [0.2, 0.25) is 11.8 Å². The van der Waals surface area contributed by atoms with E-state index >= 15 is 0 Å². The molecule has 0 bridgehead atoms. The van der Waals surface area contributed by atoms with Crippen molar-refractivity contribution in [2.24, 2.45) is 7.05 Å². The van der Waals surface area contributed by atoms with Gasteiger partial charge in [0, 0.05) is 26.7 Å². The molecule has 1 atom stereocenters. The molecule has 24 heavy (non-hydrogen) atoms. The van der Waals surface area contributed by atoms with Gasteiger partial charge in [-0.1, -0.05) is 24.3 Å². The number of nitrogens with zero attached hydrogens (tertiary/aromatic N) is 3. The molecule has 6 heteroatoms. The molecule has 0 saturated carbocycles. The molecule has 0 aliphatic carbocycles. The zero-order valence-corrected chi connectivity index (χ0v) is 14.0. The number of aryl methyl sites for hydroxylation is 1. The second-order valence-corrected chi connectivity index (χ2v) is 6.10. The van der Waals surface area contributed by atoms with E-state index in [2.05, 4.69) is 16.5 Å². The fraction of sp³-hybridized carbons (Fsp3) is 0.389. The summed E-state index contributed by atoms with van der Waals surface area (Å²) >= 11 is 0. The largest absolute Gasteiger partial charge is 0.350 e. The molecule has 1 N–H and O–H groups in total. The molecule has 6 nitrogen and oxygen atoms in total. The van der Waals surface area contributed by atoms with E-state index in [0.717, 1.165) is 17.7 Å². The first-order valence-electron chi connectivity index (χ1n) is 8.15. The number of carbonyl (C=O) groups is 2. The predicted molar refractivity (Wildman–Crippen MR) is 89.9 cm³/mol. The summed E-state index contributed by atoms with van der Waals surface area (Å²) < 4.78 is 1.73. The summed E-state index contributed by atoms with van der Waals surface area (Å²) in [7, 11) is 1.84. The van der Waals surface area contributed by atoms with Crippen LogP contribution >= 0.6 is 0 Å². The highest BCUT2D eigenvalue weighted by atomic mass is 16.2. The molecule has 126 valence electrons. The van der Waals surface area contributed by atoms with E-state index in [-0.39, 0.29) is 24.3 Å². The molecular formula is C18H22N4O2. The first-order valence-corrected chi connectivity index (χ1v) is 8.15. The molecule has 1 aromatic heterocycles. The molecule has 0 fully saturated rings. The van der Waals surface area contributed by atoms with Crippen molar-refractivity contribution in [1.29, 1.82) is 0 Å². The molecule has 2 heterocycles. The number of nitrogens with one attached hydrogen (secondary N) is 1. The fourth-order valence-electron chi connectivity index (χ4n) is 3.26. The lowest BCUT2D eigenvalue weighted by atomic mass is 9.90. The molecule has 0 saturated heterocycles. The standard InChI is InChI=1S/C18H22N4O2/c1-13(23)22-10-8-14-5-3-4-6-16(14)17(22)11-18(24)19-12-15-7-9-20-21(15)2/h3-7,9,17H,8,10-12H2,1-2H3,(H,19,24). The van der Waals surface area contributed by atoms with Crippen molar-refractivity contribution in [3.05, 3.63) is 53.3 Å². The average Bonchev–Trinajstić information content (AvgIpc) is 2.98. The van der Waals surface area contributed by atoms with Gasteiger partial charge in [0.05, 0.1) is 24.7 Å². The lowest BCUT2D eigenvalue weighted by Crippen LogP contribution is -2.41. The van der Waals surface area contributed by atoms with Gasteiger partial charge in [0.25, 0.3) is 0 Å². The van der Waals surface area contributed by atoms with Crippen molar-refractivity contribution in [3.63, 3.8) is 0 Å². The van der Waals surface area contributed by atoms with Crippen molar-refractivity contribution < 1.29 is 9.59 Å². The summed E-state index contributed by atoms with van der Waals surface area (Å²) in [5.74, 6) is -0.0573. The number of fused-ring (bicyclic) bond motifs is 1. The van der Waals surface area contributed by atoms with E-state index < -0.39 is 0 Å². The van der Waals surface area contributed by atoms with Crippen LogP contribution in [0.5, 0.6) is 0 Å². The van der Waals surface area contributed by atoms with Gasteiger partial charge in [-0.25, -0.2) is 0 Å². The van der Waals surface area contributed by atoms with Crippen LogP contribution in [-0.2, 0) is 29.6 Å². The summed E-state index contributed by atoms with van der Waals surface area (Å²) in [6.45, 7) is 2.66. The molecule has 1 aliphatic rings. The summed E-state index contributed by atoms with van der Waals surface area (Å²) in [6.07, 6.45) is 2.81. The Labute approximate surface area is 141 Å². The van der Waals surface area contributed by atoms with E-state index in [1.165, 1.54) is 5.56 Å². The molecule has 3 rings (SSSR count). The lowest BCUT2D eigenvalue weighted by molar-refractivity contribution is -0.133. The van der Waals surface area contributed by atoms with Crippen LogP contribution in [0.3, 0.4) is 0 Å². The summed E-state index contributed by atoms with van der Waals surface area (Å²) in [5.41, 5.74) is 3.24. The van der Waals surface area contributed by atoms with Crippen molar-refractivity contribution in [2.45, 2.75) is 32.4 Å². The first-order chi connectivity index (χ1) is 11.6. The van der Waals surface area contributed by atoms with E-state index in [0.29, 0.717) is 13.1 Å². The third-order valence-corrected chi connectivity index (χ3v) is 4.58. The Bertz CT molecular complexity index is 753. The van der Waals surface area contributed by atoms with E-state index in [1.807, 2.05) is 31.3 Å². The zero-order valence-electron chi connectivity index (χ0n) is 14.0. The average molecular weight is 326 g/mol. The topological polar surface area (TPSA) is 67.2 Å². The van der Waals surface area contributed by atoms with Gasteiger partial charge >= 0.3 is 0 Å². The molecule has 1 aromatic carbocycles. The van der Waals surface area contributed by atoms with Crippen LogP contribution in [0.1, 0.15) is 36.2 Å². The van der Waals surface area contributed by atoms with Gasteiger partial charge in [0.15, 0.2) is 0 Å². The Morgan fingerprint density at radius 2 is 2.08 bits per heavy atom. The van der Waals surface area contributed by atoms with Crippen LogP contribution in [0.25, 0.3) is 0 Å². The summed E-state index contributed by atoms with van der Waals surface area (Å²) in [4.78, 5) is 26.2. The van der Waals surface area contributed by atoms with E-state index in [9.17, 15) is 9.59 Å². The second kappa shape index (κ2) is 6.86. The van der Waals surface area contributed by atoms with Gasteiger partial charge in [0.1, 0.15) is 0 Å². The number of amides is 2. The highest BCUT2D eigenvalue weighted by Crippen LogP contribution is 2.32. The first kappa shape index (κ1) is 16.2. The van der Waals surface area contributed by atoms with Gasteiger partial charge in [-0.05, 0) is 23.6 Å². The maximum absolute atomic E-state index is 12.4. The molecule has 1 aliphatic heterocycles. The number of hydrogen-bond acceptors (Lipinski definition) is 3. The molecule has 0 spiro atoms. The van der Waals surface area contributed by atoms with Crippen LogP contribution < -0.4 is 5.32 Å². The number of hydrogen-bond donors (Lipinski definition) is 1. The number of rotatable bonds is 4.